The third-order valence-corrected chi connectivity index (χ3v) is 2.76. The summed E-state index contributed by atoms with van der Waals surface area (Å²) in [5.41, 5.74) is 0.899. The van der Waals surface area contributed by atoms with E-state index in [0.717, 1.165) is 31.4 Å². The molecule has 0 radical (unpaired) electrons. The normalized spacial score (nSPS) is 10.5. The van der Waals surface area contributed by atoms with Crippen LogP contribution in [0.2, 0.25) is 0 Å². The number of hydrogen-bond donors (Lipinski definition) is 1. The molecular weight excluding hydrogens is 245 g/mol. The number of benzene rings is 1. The van der Waals surface area contributed by atoms with E-state index >= 15 is 0 Å². The van der Waals surface area contributed by atoms with E-state index in [0.29, 0.717) is 13.2 Å². The number of amides is 1. The van der Waals surface area contributed by atoms with Crippen LogP contribution in [0.3, 0.4) is 0 Å². The topological polar surface area (TPSA) is 38.3 Å². The van der Waals surface area contributed by atoms with E-state index in [9.17, 15) is 9.18 Å². The molecule has 1 aromatic rings. The van der Waals surface area contributed by atoms with Gasteiger partial charge in [0, 0.05) is 19.8 Å². The number of hydrogen-bond acceptors (Lipinski definition) is 2. The Hall–Kier alpha value is -1.42. The second kappa shape index (κ2) is 8.64. The van der Waals surface area contributed by atoms with Gasteiger partial charge in [-0.05, 0) is 37.5 Å². The van der Waals surface area contributed by atoms with Crippen LogP contribution in [0.4, 0.5) is 4.39 Å². The second-order valence-electron chi connectivity index (χ2n) is 4.56. The van der Waals surface area contributed by atoms with Crippen LogP contribution in [-0.4, -0.2) is 25.7 Å². The highest BCUT2D eigenvalue weighted by Gasteiger charge is 2.10. The number of aryl methyl sites for hydroxylation is 1. The highest BCUT2D eigenvalue weighted by atomic mass is 19.1. The predicted octanol–water partition coefficient (Wildman–Crippen LogP) is 3.07. The number of halogens is 1. The highest BCUT2D eigenvalue weighted by molar-refractivity contribution is 5.94. The van der Waals surface area contributed by atoms with Gasteiger partial charge in [-0.15, -0.1) is 0 Å². The van der Waals surface area contributed by atoms with Crippen molar-refractivity contribution in [3.05, 3.63) is 35.1 Å². The third-order valence-electron chi connectivity index (χ3n) is 2.76. The van der Waals surface area contributed by atoms with E-state index in [1.807, 2.05) is 0 Å². The van der Waals surface area contributed by atoms with Crippen molar-refractivity contribution in [2.75, 3.05) is 19.8 Å². The minimum Gasteiger partial charge on any atom is -0.381 e. The molecule has 0 aliphatic carbocycles. The summed E-state index contributed by atoms with van der Waals surface area (Å²) in [6.07, 6.45) is 2.91. The maximum absolute atomic E-state index is 13.5. The monoisotopic (exact) mass is 267 g/mol. The first-order chi connectivity index (χ1) is 9.15. The van der Waals surface area contributed by atoms with Crippen molar-refractivity contribution in [1.82, 2.24) is 5.32 Å². The quantitative estimate of drug-likeness (QED) is 0.735. The Labute approximate surface area is 114 Å². The molecule has 0 unspecified atom stereocenters. The zero-order valence-corrected chi connectivity index (χ0v) is 11.7. The summed E-state index contributed by atoms with van der Waals surface area (Å²) in [7, 11) is 0. The summed E-state index contributed by atoms with van der Waals surface area (Å²) in [4.78, 5) is 11.7. The summed E-state index contributed by atoms with van der Waals surface area (Å²) >= 11 is 0. The lowest BCUT2D eigenvalue weighted by Crippen LogP contribution is -2.26. The Morgan fingerprint density at radius 1 is 1.32 bits per heavy atom. The molecule has 3 nitrogen and oxygen atoms in total. The molecule has 4 heteroatoms. The molecule has 1 rings (SSSR count). The maximum Gasteiger partial charge on any atom is 0.254 e. The Morgan fingerprint density at radius 3 is 2.74 bits per heavy atom. The molecule has 0 heterocycles. The number of unbranched alkanes of at least 4 members (excludes halogenated alkanes) is 1. The summed E-state index contributed by atoms with van der Waals surface area (Å²) in [6.45, 7) is 5.78. The molecule has 0 saturated carbocycles. The van der Waals surface area contributed by atoms with Gasteiger partial charge in [-0.3, -0.25) is 4.79 Å². The summed E-state index contributed by atoms with van der Waals surface area (Å²) in [5, 5.41) is 2.69. The summed E-state index contributed by atoms with van der Waals surface area (Å²) in [5.74, 6) is -0.845. The van der Waals surface area contributed by atoms with Crippen molar-refractivity contribution in [2.45, 2.75) is 33.1 Å². The minimum atomic E-state index is -0.475. The minimum absolute atomic E-state index is 0.0949. The molecule has 1 amide bonds. The molecule has 106 valence electrons. The summed E-state index contributed by atoms with van der Waals surface area (Å²) < 4.78 is 18.9. The average molecular weight is 267 g/mol. The van der Waals surface area contributed by atoms with Gasteiger partial charge in [0.05, 0.1) is 5.56 Å². The first-order valence-corrected chi connectivity index (χ1v) is 6.77. The number of rotatable bonds is 8. The molecule has 1 aromatic carbocycles. The zero-order chi connectivity index (χ0) is 14.1. The van der Waals surface area contributed by atoms with Crippen LogP contribution in [0, 0.1) is 12.7 Å². The Kier molecular flexibility index (Phi) is 7.11. The second-order valence-corrected chi connectivity index (χ2v) is 4.56. The SMILES string of the molecule is CCCCOCCCNC(=O)c1ccc(C)cc1F. The van der Waals surface area contributed by atoms with E-state index in [2.05, 4.69) is 12.2 Å². The van der Waals surface area contributed by atoms with Gasteiger partial charge < -0.3 is 10.1 Å². The van der Waals surface area contributed by atoms with Gasteiger partial charge in [0.25, 0.3) is 5.91 Å². The zero-order valence-electron chi connectivity index (χ0n) is 11.7. The Morgan fingerprint density at radius 2 is 2.05 bits per heavy atom. The van der Waals surface area contributed by atoms with Gasteiger partial charge >= 0.3 is 0 Å². The van der Waals surface area contributed by atoms with Crippen LogP contribution in [0.1, 0.15) is 42.1 Å². The van der Waals surface area contributed by atoms with E-state index < -0.39 is 5.82 Å². The number of nitrogens with one attached hydrogen (secondary N) is 1. The average Bonchev–Trinajstić information content (AvgIpc) is 2.37. The van der Waals surface area contributed by atoms with Crippen molar-refractivity contribution in [3.63, 3.8) is 0 Å². The van der Waals surface area contributed by atoms with Crippen LogP contribution in [0.5, 0.6) is 0 Å². The van der Waals surface area contributed by atoms with Crippen LogP contribution >= 0.6 is 0 Å². The van der Waals surface area contributed by atoms with Gasteiger partial charge in [-0.25, -0.2) is 4.39 Å². The summed E-state index contributed by atoms with van der Waals surface area (Å²) in [6, 6.07) is 4.60. The fourth-order valence-electron chi connectivity index (χ4n) is 1.62. The lowest BCUT2D eigenvalue weighted by molar-refractivity contribution is 0.0936. The number of ether oxygens (including phenoxy) is 1. The number of carbonyl (C=O) groups is 1. The van der Waals surface area contributed by atoms with E-state index in [1.54, 1.807) is 13.0 Å². The molecule has 19 heavy (non-hydrogen) atoms. The van der Waals surface area contributed by atoms with Crippen LogP contribution in [-0.2, 0) is 4.74 Å². The van der Waals surface area contributed by atoms with E-state index in [4.69, 9.17) is 4.74 Å². The molecule has 1 N–H and O–H groups in total. The predicted molar refractivity (Wildman–Crippen MR) is 73.8 cm³/mol. The molecule has 0 aliphatic rings. The fourth-order valence-corrected chi connectivity index (χ4v) is 1.62. The van der Waals surface area contributed by atoms with Gasteiger partial charge in [-0.1, -0.05) is 19.4 Å². The maximum atomic E-state index is 13.5. The van der Waals surface area contributed by atoms with Crippen molar-refractivity contribution in [3.8, 4) is 0 Å². The third kappa shape index (κ3) is 5.83. The largest absolute Gasteiger partial charge is 0.381 e. The molecule has 0 saturated heterocycles. The molecule has 0 aromatic heterocycles. The Balaban J connectivity index is 2.24. The standard InChI is InChI=1S/C15H22FNO2/c1-3-4-9-19-10-5-8-17-15(18)13-7-6-12(2)11-14(13)16/h6-7,11H,3-5,8-10H2,1-2H3,(H,17,18). The molecular formula is C15H22FNO2. The van der Waals surface area contributed by atoms with Crippen LogP contribution in [0.15, 0.2) is 18.2 Å². The molecule has 0 atom stereocenters. The van der Waals surface area contributed by atoms with Crippen molar-refractivity contribution in [1.29, 1.82) is 0 Å². The van der Waals surface area contributed by atoms with Crippen molar-refractivity contribution < 1.29 is 13.9 Å². The highest BCUT2D eigenvalue weighted by Crippen LogP contribution is 2.09. The lowest BCUT2D eigenvalue weighted by atomic mass is 10.1. The van der Waals surface area contributed by atoms with Crippen LogP contribution in [0.25, 0.3) is 0 Å². The van der Waals surface area contributed by atoms with E-state index in [-0.39, 0.29) is 11.5 Å². The smallest absolute Gasteiger partial charge is 0.254 e. The fraction of sp³-hybridized carbons (Fsp3) is 0.533. The van der Waals surface area contributed by atoms with Gasteiger partial charge in [0.1, 0.15) is 5.82 Å². The van der Waals surface area contributed by atoms with Gasteiger partial charge in [-0.2, -0.15) is 0 Å². The van der Waals surface area contributed by atoms with Crippen molar-refractivity contribution >= 4 is 5.91 Å². The molecule has 0 bridgehead atoms. The Bertz CT molecular complexity index is 407. The van der Waals surface area contributed by atoms with Crippen LogP contribution < -0.4 is 5.32 Å². The first-order valence-electron chi connectivity index (χ1n) is 6.77. The van der Waals surface area contributed by atoms with Gasteiger partial charge in [0.2, 0.25) is 0 Å². The molecule has 0 spiro atoms. The van der Waals surface area contributed by atoms with E-state index in [1.165, 1.54) is 12.1 Å². The van der Waals surface area contributed by atoms with Gasteiger partial charge in [0.15, 0.2) is 0 Å². The number of carbonyl (C=O) groups excluding carboxylic acids is 1. The molecule has 0 aliphatic heterocycles. The first kappa shape index (κ1) is 15.6. The lowest BCUT2D eigenvalue weighted by Gasteiger charge is -2.07. The molecule has 0 fully saturated rings. The van der Waals surface area contributed by atoms with Crippen molar-refractivity contribution in [2.24, 2.45) is 0 Å².